The van der Waals surface area contributed by atoms with Gasteiger partial charge < -0.3 is 15.5 Å². The summed E-state index contributed by atoms with van der Waals surface area (Å²) in [5.41, 5.74) is 6.02. The molecule has 0 saturated heterocycles. The van der Waals surface area contributed by atoms with Crippen molar-refractivity contribution < 1.29 is 9.59 Å². The van der Waals surface area contributed by atoms with Gasteiger partial charge in [0.25, 0.3) is 0 Å². The van der Waals surface area contributed by atoms with E-state index in [9.17, 15) is 9.59 Å². The molecule has 2 aromatic carbocycles. The van der Waals surface area contributed by atoms with Gasteiger partial charge in [0, 0.05) is 11.1 Å². The first-order chi connectivity index (χ1) is 13.6. The molecule has 2 amide bonds. The Morgan fingerprint density at radius 2 is 2.00 bits per heavy atom. The van der Waals surface area contributed by atoms with Gasteiger partial charge in [0.05, 0.1) is 35.5 Å². The van der Waals surface area contributed by atoms with Crippen molar-refractivity contribution in [2.75, 3.05) is 15.5 Å². The maximum atomic E-state index is 12.8. The Balaban J connectivity index is 1.59. The van der Waals surface area contributed by atoms with E-state index >= 15 is 0 Å². The fourth-order valence-electron chi connectivity index (χ4n) is 3.33. The predicted molar refractivity (Wildman–Crippen MR) is 112 cm³/mol. The van der Waals surface area contributed by atoms with E-state index < -0.39 is 6.04 Å². The first-order valence-corrected chi connectivity index (χ1v) is 9.95. The molecule has 28 heavy (non-hydrogen) atoms. The van der Waals surface area contributed by atoms with Gasteiger partial charge in [-0.25, -0.2) is 4.98 Å². The van der Waals surface area contributed by atoms with E-state index in [0.717, 1.165) is 28.3 Å². The number of nitrogens with one attached hydrogen (secondary N) is 2. The largest absolute Gasteiger partial charge is 0.351 e. The van der Waals surface area contributed by atoms with Crippen molar-refractivity contribution in [1.29, 1.82) is 0 Å². The number of thiazole rings is 1. The number of amides is 2. The molecule has 2 N–H and O–H groups in total. The molecule has 3 aromatic rings. The molecule has 1 atom stereocenters. The Bertz CT molecular complexity index is 1000. The maximum absolute atomic E-state index is 12.8. The molecule has 0 spiro atoms. The molecule has 0 fully saturated rings. The normalized spacial score (nSPS) is 15.7. The van der Waals surface area contributed by atoms with Gasteiger partial charge in [0.15, 0.2) is 0 Å². The summed E-state index contributed by atoms with van der Waals surface area (Å²) in [6.07, 6.45) is 0.0542. The topological polar surface area (TPSA) is 74.3 Å². The van der Waals surface area contributed by atoms with Crippen molar-refractivity contribution in [3.05, 3.63) is 70.7 Å². The number of hydrogen-bond acceptors (Lipinski definition) is 5. The number of rotatable bonds is 5. The first-order valence-electron chi connectivity index (χ1n) is 9.01. The van der Waals surface area contributed by atoms with E-state index in [2.05, 4.69) is 15.6 Å². The number of benzene rings is 2. The molecule has 4 rings (SSSR count). The van der Waals surface area contributed by atoms with Crippen LogP contribution in [0.25, 0.3) is 0 Å². The number of nitrogens with zero attached hydrogens (tertiary/aromatic N) is 2. The molecular weight excluding hydrogens is 372 g/mol. The van der Waals surface area contributed by atoms with Crippen LogP contribution in [0.2, 0.25) is 0 Å². The first kappa shape index (κ1) is 18.2. The van der Waals surface area contributed by atoms with Gasteiger partial charge >= 0.3 is 0 Å². The molecule has 1 aliphatic rings. The molecule has 0 radical (unpaired) electrons. The minimum atomic E-state index is -0.611. The molecule has 0 saturated carbocycles. The summed E-state index contributed by atoms with van der Waals surface area (Å²) in [6.45, 7) is 2.41. The van der Waals surface area contributed by atoms with E-state index in [1.807, 2.05) is 65.7 Å². The van der Waals surface area contributed by atoms with Crippen molar-refractivity contribution in [2.45, 2.75) is 25.9 Å². The lowest BCUT2D eigenvalue weighted by molar-refractivity contribution is -0.122. The van der Waals surface area contributed by atoms with Crippen LogP contribution in [0.4, 0.5) is 17.1 Å². The maximum Gasteiger partial charge on any atom is 0.247 e. The zero-order valence-electron chi connectivity index (χ0n) is 15.4. The zero-order chi connectivity index (χ0) is 19.5. The molecular formula is C21H20N4O2S. The third kappa shape index (κ3) is 3.75. The average Bonchev–Trinajstić information content (AvgIpc) is 3.19. The number of fused-ring (bicyclic) bond motifs is 1. The molecule has 1 aromatic heterocycles. The summed E-state index contributed by atoms with van der Waals surface area (Å²) < 4.78 is 0. The smallest absolute Gasteiger partial charge is 0.247 e. The van der Waals surface area contributed by atoms with E-state index in [1.165, 1.54) is 11.3 Å². The van der Waals surface area contributed by atoms with Crippen LogP contribution in [0, 0.1) is 6.92 Å². The fraction of sp³-hybridized carbons (Fsp3) is 0.190. The number of carbonyl (C=O) groups excluding carboxylic acids is 2. The summed E-state index contributed by atoms with van der Waals surface area (Å²) in [4.78, 5) is 31.8. The quantitative estimate of drug-likeness (QED) is 0.692. The van der Waals surface area contributed by atoms with Gasteiger partial charge in [-0.3, -0.25) is 9.59 Å². The van der Waals surface area contributed by atoms with Crippen LogP contribution in [-0.4, -0.2) is 22.8 Å². The summed E-state index contributed by atoms with van der Waals surface area (Å²) >= 11 is 1.51. The van der Waals surface area contributed by atoms with Crippen molar-refractivity contribution in [2.24, 2.45) is 0 Å². The van der Waals surface area contributed by atoms with Crippen LogP contribution in [-0.2, 0) is 16.1 Å². The minimum absolute atomic E-state index is 0.0542. The van der Waals surface area contributed by atoms with Crippen molar-refractivity contribution in [1.82, 2.24) is 4.98 Å². The second kappa shape index (κ2) is 7.82. The fourth-order valence-corrected chi connectivity index (χ4v) is 3.88. The van der Waals surface area contributed by atoms with Gasteiger partial charge in [-0.15, -0.1) is 11.3 Å². The Hall–Kier alpha value is -3.19. The minimum Gasteiger partial charge on any atom is -0.351 e. The van der Waals surface area contributed by atoms with Crippen LogP contribution in [0.3, 0.4) is 0 Å². The molecule has 142 valence electrons. The zero-order valence-corrected chi connectivity index (χ0v) is 16.2. The lowest BCUT2D eigenvalue weighted by Gasteiger charge is -2.37. The van der Waals surface area contributed by atoms with Crippen LogP contribution in [0.15, 0.2) is 59.4 Å². The molecule has 7 heteroatoms. The van der Waals surface area contributed by atoms with Crippen molar-refractivity contribution in [3.8, 4) is 0 Å². The summed E-state index contributed by atoms with van der Waals surface area (Å²) in [5, 5.41) is 7.80. The highest BCUT2D eigenvalue weighted by Crippen LogP contribution is 2.34. The van der Waals surface area contributed by atoms with E-state index in [-0.39, 0.29) is 18.2 Å². The van der Waals surface area contributed by atoms with Crippen LogP contribution >= 0.6 is 11.3 Å². The Morgan fingerprint density at radius 3 is 2.79 bits per heavy atom. The number of anilines is 3. The third-order valence-corrected chi connectivity index (χ3v) is 5.40. The van der Waals surface area contributed by atoms with E-state index in [1.54, 1.807) is 5.51 Å². The SMILES string of the molecule is Cc1ccccc1NC(=O)CC1C(=O)Nc2ccccc2N1Cc1cscn1. The molecule has 0 bridgehead atoms. The molecule has 2 heterocycles. The highest BCUT2D eigenvalue weighted by atomic mass is 32.1. The summed E-state index contributed by atoms with van der Waals surface area (Å²) in [7, 11) is 0. The van der Waals surface area contributed by atoms with Crippen LogP contribution < -0.4 is 15.5 Å². The second-order valence-electron chi connectivity index (χ2n) is 6.70. The highest BCUT2D eigenvalue weighted by Gasteiger charge is 2.34. The van der Waals surface area contributed by atoms with Crippen LogP contribution in [0.1, 0.15) is 17.7 Å². The Labute approximate surface area is 167 Å². The van der Waals surface area contributed by atoms with E-state index in [0.29, 0.717) is 6.54 Å². The van der Waals surface area contributed by atoms with Gasteiger partial charge in [-0.1, -0.05) is 30.3 Å². The monoisotopic (exact) mass is 392 g/mol. The average molecular weight is 392 g/mol. The molecule has 0 aliphatic carbocycles. The standard InChI is InChI=1S/C21H20N4O2S/c1-14-6-2-3-7-16(14)23-20(26)10-19-21(27)24-17-8-4-5-9-18(17)25(19)11-15-12-28-13-22-15/h2-9,12-13,19H,10-11H2,1H3,(H,23,26)(H,24,27). The van der Waals surface area contributed by atoms with Crippen molar-refractivity contribution in [3.63, 3.8) is 0 Å². The number of aromatic nitrogens is 1. The van der Waals surface area contributed by atoms with Gasteiger partial charge in [0.1, 0.15) is 6.04 Å². The van der Waals surface area contributed by atoms with Crippen molar-refractivity contribution >= 4 is 40.2 Å². The third-order valence-electron chi connectivity index (χ3n) is 4.76. The lowest BCUT2D eigenvalue weighted by Crippen LogP contribution is -2.49. The molecule has 1 unspecified atom stereocenters. The highest BCUT2D eigenvalue weighted by molar-refractivity contribution is 7.07. The number of para-hydroxylation sites is 3. The van der Waals surface area contributed by atoms with E-state index in [4.69, 9.17) is 0 Å². The Morgan fingerprint density at radius 1 is 1.21 bits per heavy atom. The summed E-state index contributed by atoms with van der Waals surface area (Å²) in [6, 6.07) is 14.6. The lowest BCUT2D eigenvalue weighted by atomic mass is 10.0. The predicted octanol–water partition coefficient (Wildman–Crippen LogP) is 3.81. The number of aryl methyl sites for hydroxylation is 1. The molecule has 6 nitrogen and oxygen atoms in total. The summed E-state index contributed by atoms with van der Waals surface area (Å²) in [5.74, 6) is -0.383. The second-order valence-corrected chi connectivity index (χ2v) is 7.42. The number of hydrogen-bond donors (Lipinski definition) is 2. The molecule has 1 aliphatic heterocycles. The van der Waals surface area contributed by atoms with Gasteiger partial charge in [-0.2, -0.15) is 0 Å². The van der Waals surface area contributed by atoms with Gasteiger partial charge in [0.2, 0.25) is 11.8 Å². The Kier molecular flexibility index (Phi) is 5.08. The van der Waals surface area contributed by atoms with Gasteiger partial charge in [-0.05, 0) is 30.7 Å². The van der Waals surface area contributed by atoms with Crippen LogP contribution in [0.5, 0.6) is 0 Å². The number of carbonyl (C=O) groups is 2.